The van der Waals surface area contributed by atoms with Crippen molar-refractivity contribution in [3.63, 3.8) is 0 Å². The van der Waals surface area contributed by atoms with Gasteiger partial charge in [-0.25, -0.2) is 4.79 Å². The zero-order valence-electron chi connectivity index (χ0n) is 8.38. The molecule has 0 heterocycles. The first-order valence-electron chi connectivity index (χ1n) is 4.29. The molecule has 1 aromatic rings. The molecule has 7 nitrogen and oxygen atoms in total. The maximum absolute atomic E-state index is 10.4. The Bertz CT molecular complexity index is 439. The van der Waals surface area contributed by atoms with Crippen LogP contribution in [-0.2, 0) is 4.79 Å². The maximum atomic E-state index is 10.4. The lowest BCUT2D eigenvalue weighted by molar-refractivity contribution is -0.384. The Morgan fingerprint density at radius 3 is 2.44 bits per heavy atom. The van der Waals surface area contributed by atoms with Crippen LogP contribution in [0.4, 0.5) is 11.4 Å². The van der Waals surface area contributed by atoms with Crippen LogP contribution < -0.4 is 5.43 Å². The van der Waals surface area contributed by atoms with Gasteiger partial charge in [-0.05, 0) is 19.1 Å². The van der Waals surface area contributed by atoms with Gasteiger partial charge in [0, 0.05) is 12.1 Å². The molecule has 0 aliphatic rings. The molecular formula is C9H9N3O4. The average Bonchev–Trinajstić information content (AvgIpc) is 2.26. The molecule has 0 saturated carbocycles. The molecule has 0 amide bonds. The lowest BCUT2D eigenvalue weighted by atomic mass is 10.3. The zero-order chi connectivity index (χ0) is 12.1. The van der Waals surface area contributed by atoms with Crippen molar-refractivity contribution in [1.82, 2.24) is 0 Å². The van der Waals surface area contributed by atoms with Crippen molar-refractivity contribution < 1.29 is 14.8 Å². The predicted octanol–water partition coefficient (Wildman–Crippen LogP) is 1.47. The fraction of sp³-hybridized carbons (Fsp3) is 0.111. The summed E-state index contributed by atoms with van der Waals surface area (Å²) >= 11 is 0. The number of hydrazone groups is 1. The Morgan fingerprint density at radius 2 is 2.00 bits per heavy atom. The number of carboxylic acid groups (broad SMARTS) is 1. The van der Waals surface area contributed by atoms with Crippen molar-refractivity contribution in [2.24, 2.45) is 5.10 Å². The smallest absolute Gasteiger partial charge is 0.351 e. The normalized spacial score (nSPS) is 10.9. The second-order valence-corrected chi connectivity index (χ2v) is 2.92. The van der Waals surface area contributed by atoms with Crippen LogP contribution >= 0.6 is 0 Å². The molecule has 0 aromatic heterocycles. The van der Waals surface area contributed by atoms with Gasteiger partial charge in [-0.3, -0.25) is 15.5 Å². The lowest BCUT2D eigenvalue weighted by Crippen LogP contribution is -2.10. The molecule has 1 rings (SSSR count). The van der Waals surface area contributed by atoms with Crippen LogP contribution in [-0.4, -0.2) is 21.7 Å². The second kappa shape index (κ2) is 4.87. The van der Waals surface area contributed by atoms with Crippen LogP contribution in [0.2, 0.25) is 0 Å². The maximum Gasteiger partial charge on any atom is 0.351 e. The van der Waals surface area contributed by atoms with E-state index in [4.69, 9.17) is 5.11 Å². The molecule has 0 spiro atoms. The summed E-state index contributed by atoms with van der Waals surface area (Å²) in [5.74, 6) is -1.13. The number of nitrogens with zero attached hydrogens (tertiary/aromatic N) is 2. The molecule has 0 radical (unpaired) electrons. The SMILES string of the molecule is CC(=NNc1ccc([N+](=O)[O-])cc1)C(=O)O. The van der Waals surface area contributed by atoms with Gasteiger partial charge in [-0.15, -0.1) is 0 Å². The predicted molar refractivity (Wildman–Crippen MR) is 57.5 cm³/mol. The number of nitro groups is 1. The summed E-state index contributed by atoms with van der Waals surface area (Å²) in [6.45, 7) is 1.33. The number of nitrogens with one attached hydrogen (secondary N) is 1. The van der Waals surface area contributed by atoms with E-state index < -0.39 is 10.9 Å². The van der Waals surface area contributed by atoms with Crippen LogP contribution in [0.15, 0.2) is 29.4 Å². The van der Waals surface area contributed by atoms with E-state index in [1.807, 2.05) is 0 Å². The molecule has 0 atom stereocenters. The van der Waals surface area contributed by atoms with Crippen molar-refractivity contribution in [3.05, 3.63) is 34.4 Å². The number of rotatable bonds is 4. The van der Waals surface area contributed by atoms with E-state index in [1.54, 1.807) is 0 Å². The number of anilines is 1. The van der Waals surface area contributed by atoms with Gasteiger partial charge in [-0.2, -0.15) is 5.10 Å². The van der Waals surface area contributed by atoms with Gasteiger partial charge in [0.05, 0.1) is 10.6 Å². The third-order valence-corrected chi connectivity index (χ3v) is 1.74. The Morgan fingerprint density at radius 1 is 1.44 bits per heavy atom. The Labute approximate surface area is 90.6 Å². The molecule has 1 aromatic carbocycles. The molecule has 0 bridgehead atoms. The van der Waals surface area contributed by atoms with Crippen molar-refractivity contribution in [2.75, 3.05) is 5.43 Å². The highest BCUT2D eigenvalue weighted by molar-refractivity contribution is 6.34. The number of carboxylic acids is 1. The molecule has 0 aliphatic heterocycles. The second-order valence-electron chi connectivity index (χ2n) is 2.92. The van der Waals surface area contributed by atoms with Crippen LogP contribution in [0.25, 0.3) is 0 Å². The highest BCUT2D eigenvalue weighted by Crippen LogP contribution is 2.15. The number of aliphatic carboxylic acids is 1. The van der Waals surface area contributed by atoms with E-state index in [-0.39, 0.29) is 11.4 Å². The minimum Gasteiger partial charge on any atom is -0.477 e. The summed E-state index contributed by atoms with van der Waals surface area (Å²) in [7, 11) is 0. The largest absolute Gasteiger partial charge is 0.477 e. The summed E-state index contributed by atoms with van der Waals surface area (Å²) in [5.41, 5.74) is 2.82. The van der Waals surface area contributed by atoms with E-state index >= 15 is 0 Å². The topological polar surface area (TPSA) is 105 Å². The number of nitro benzene ring substituents is 1. The van der Waals surface area contributed by atoms with Gasteiger partial charge in [0.15, 0.2) is 0 Å². The van der Waals surface area contributed by atoms with Crippen LogP contribution in [0.5, 0.6) is 0 Å². The van der Waals surface area contributed by atoms with Crippen molar-refractivity contribution >= 4 is 23.1 Å². The fourth-order valence-electron chi connectivity index (χ4n) is 0.854. The molecule has 84 valence electrons. The summed E-state index contributed by atoms with van der Waals surface area (Å²) in [5, 5.41) is 22.4. The van der Waals surface area contributed by atoms with E-state index in [0.717, 1.165) is 0 Å². The van der Waals surface area contributed by atoms with Crippen molar-refractivity contribution in [3.8, 4) is 0 Å². The molecule has 0 saturated heterocycles. The monoisotopic (exact) mass is 223 g/mol. The van der Waals surface area contributed by atoms with Gasteiger partial charge in [-0.1, -0.05) is 0 Å². The Kier molecular flexibility index (Phi) is 3.54. The first-order chi connectivity index (χ1) is 7.50. The van der Waals surface area contributed by atoms with Crippen LogP contribution in [0.3, 0.4) is 0 Å². The number of carbonyl (C=O) groups is 1. The molecular weight excluding hydrogens is 214 g/mol. The Hall–Kier alpha value is -2.44. The molecule has 16 heavy (non-hydrogen) atoms. The molecule has 0 aliphatic carbocycles. The van der Waals surface area contributed by atoms with Gasteiger partial charge in [0.2, 0.25) is 0 Å². The molecule has 7 heteroatoms. The minimum atomic E-state index is -1.13. The average molecular weight is 223 g/mol. The number of hydrogen-bond acceptors (Lipinski definition) is 5. The summed E-state index contributed by atoms with van der Waals surface area (Å²) < 4.78 is 0. The molecule has 2 N–H and O–H groups in total. The highest BCUT2D eigenvalue weighted by Gasteiger charge is 2.04. The summed E-state index contributed by atoms with van der Waals surface area (Å²) in [6.07, 6.45) is 0. The lowest BCUT2D eigenvalue weighted by Gasteiger charge is -2.00. The quantitative estimate of drug-likeness (QED) is 0.456. The van der Waals surface area contributed by atoms with Crippen LogP contribution in [0.1, 0.15) is 6.92 Å². The zero-order valence-corrected chi connectivity index (χ0v) is 8.38. The third kappa shape index (κ3) is 3.05. The van der Waals surface area contributed by atoms with Crippen molar-refractivity contribution in [1.29, 1.82) is 0 Å². The van der Waals surface area contributed by atoms with E-state index in [9.17, 15) is 14.9 Å². The van der Waals surface area contributed by atoms with Gasteiger partial charge < -0.3 is 5.11 Å². The van der Waals surface area contributed by atoms with Crippen molar-refractivity contribution in [2.45, 2.75) is 6.92 Å². The van der Waals surface area contributed by atoms with Crippen LogP contribution in [0, 0.1) is 10.1 Å². The van der Waals surface area contributed by atoms with Gasteiger partial charge in [0.1, 0.15) is 5.71 Å². The highest BCUT2D eigenvalue weighted by atomic mass is 16.6. The standard InChI is InChI=1S/C9H9N3O4/c1-6(9(13)14)10-11-7-2-4-8(5-3-7)12(15)16/h2-5,11H,1H3,(H,13,14). The Balaban J connectivity index is 2.73. The van der Waals surface area contributed by atoms with Gasteiger partial charge >= 0.3 is 5.97 Å². The van der Waals surface area contributed by atoms with E-state index in [2.05, 4.69) is 10.5 Å². The summed E-state index contributed by atoms with van der Waals surface area (Å²) in [6, 6.07) is 5.48. The first kappa shape index (κ1) is 11.6. The number of non-ortho nitro benzene ring substituents is 1. The van der Waals surface area contributed by atoms with E-state index in [0.29, 0.717) is 5.69 Å². The first-order valence-corrected chi connectivity index (χ1v) is 4.29. The molecule has 0 unspecified atom stereocenters. The summed E-state index contributed by atoms with van der Waals surface area (Å²) in [4.78, 5) is 20.2. The number of benzene rings is 1. The molecule has 0 fully saturated rings. The number of hydrogen-bond donors (Lipinski definition) is 2. The third-order valence-electron chi connectivity index (χ3n) is 1.74. The van der Waals surface area contributed by atoms with E-state index in [1.165, 1.54) is 31.2 Å². The minimum absolute atomic E-state index is 0.0375. The fourth-order valence-corrected chi connectivity index (χ4v) is 0.854. The van der Waals surface area contributed by atoms with Gasteiger partial charge in [0.25, 0.3) is 5.69 Å².